The molecule has 4 heteroatoms. The Bertz CT molecular complexity index is 550. The molecule has 17 heavy (non-hydrogen) atoms. The Morgan fingerprint density at radius 2 is 1.82 bits per heavy atom. The minimum atomic E-state index is -0.255. The van der Waals surface area contributed by atoms with Gasteiger partial charge in [0.15, 0.2) is 5.15 Å². The predicted molar refractivity (Wildman–Crippen MR) is 64.4 cm³/mol. The quantitative estimate of drug-likeness (QED) is 0.808. The summed E-state index contributed by atoms with van der Waals surface area (Å²) in [6.07, 6.45) is 2.33. The highest BCUT2D eigenvalue weighted by atomic mass is 35.5. The molecule has 0 saturated heterocycles. The molecule has 0 radical (unpaired) electrons. The van der Waals surface area contributed by atoms with Crippen LogP contribution >= 0.6 is 11.6 Å². The molecule has 1 fully saturated rings. The number of aromatic nitrogens is 2. The molecular weight excluding hydrogens is 239 g/mol. The molecule has 0 bridgehead atoms. The van der Waals surface area contributed by atoms with Gasteiger partial charge in [-0.3, -0.25) is 0 Å². The fourth-order valence-electron chi connectivity index (χ4n) is 1.80. The number of nitrogens with zero attached hydrogens (tertiary/aromatic N) is 2. The summed E-state index contributed by atoms with van der Waals surface area (Å²) in [4.78, 5) is 0. The van der Waals surface area contributed by atoms with Gasteiger partial charge in [-0.2, -0.15) is 5.10 Å². The Kier molecular flexibility index (Phi) is 2.56. The number of benzene rings is 1. The van der Waals surface area contributed by atoms with Crippen molar-refractivity contribution in [2.45, 2.75) is 18.8 Å². The van der Waals surface area contributed by atoms with Crippen molar-refractivity contribution in [3.63, 3.8) is 0 Å². The average Bonchev–Trinajstić information content (AvgIpc) is 3.15. The number of hydrogen-bond acceptors (Lipinski definition) is 2. The van der Waals surface area contributed by atoms with Crippen LogP contribution in [-0.4, -0.2) is 10.2 Å². The van der Waals surface area contributed by atoms with E-state index in [1.165, 1.54) is 25.0 Å². The van der Waals surface area contributed by atoms with Crippen LogP contribution in [0.1, 0.15) is 24.5 Å². The second kappa shape index (κ2) is 4.08. The lowest BCUT2D eigenvalue weighted by atomic mass is 10.1. The van der Waals surface area contributed by atoms with E-state index in [1.807, 2.05) is 6.07 Å². The first-order valence-electron chi connectivity index (χ1n) is 5.53. The highest BCUT2D eigenvalue weighted by molar-refractivity contribution is 6.32. The zero-order valence-electron chi connectivity index (χ0n) is 9.03. The lowest BCUT2D eigenvalue weighted by Gasteiger charge is -2.05. The van der Waals surface area contributed by atoms with Gasteiger partial charge in [-0.15, -0.1) is 5.10 Å². The van der Waals surface area contributed by atoms with E-state index in [2.05, 4.69) is 10.2 Å². The Balaban J connectivity index is 2.05. The van der Waals surface area contributed by atoms with E-state index in [-0.39, 0.29) is 5.82 Å². The molecule has 1 heterocycles. The molecule has 1 saturated carbocycles. The van der Waals surface area contributed by atoms with Gasteiger partial charge in [0.1, 0.15) is 5.82 Å². The predicted octanol–water partition coefficient (Wildman–Crippen LogP) is 3.81. The van der Waals surface area contributed by atoms with Gasteiger partial charge in [0.2, 0.25) is 0 Å². The van der Waals surface area contributed by atoms with Crippen molar-refractivity contribution in [3.8, 4) is 11.1 Å². The van der Waals surface area contributed by atoms with Crippen molar-refractivity contribution in [2.24, 2.45) is 0 Å². The fourth-order valence-corrected chi connectivity index (χ4v) is 2.00. The summed E-state index contributed by atoms with van der Waals surface area (Å²) in [6.45, 7) is 0. The molecule has 1 aliphatic carbocycles. The Morgan fingerprint density at radius 3 is 2.47 bits per heavy atom. The lowest BCUT2D eigenvalue weighted by Crippen LogP contribution is -1.93. The minimum absolute atomic E-state index is 0.255. The Hall–Kier alpha value is -1.48. The van der Waals surface area contributed by atoms with Gasteiger partial charge in [0, 0.05) is 11.5 Å². The third kappa shape index (κ3) is 2.15. The summed E-state index contributed by atoms with van der Waals surface area (Å²) >= 11 is 6.03. The molecule has 3 rings (SSSR count). The first kappa shape index (κ1) is 10.7. The van der Waals surface area contributed by atoms with Crippen molar-refractivity contribution in [2.75, 3.05) is 0 Å². The summed E-state index contributed by atoms with van der Waals surface area (Å²) in [5.41, 5.74) is 2.67. The standard InChI is InChI=1S/C13H10ClFN2/c14-13-11(8-3-5-10(15)6-4-8)7-12(16-17-13)9-1-2-9/h3-7,9H,1-2H2. The maximum Gasteiger partial charge on any atom is 0.159 e. The zero-order valence-corrected chi connectivity index (χ0v) is 9.78. The molecule has 86 valence electrons. The number of rotatable bonds is 2. The second-order valence-electron chi connectivity index (χ2n) is 4.25. The molecule has 0 N–H and O–H groups in total. The van der Waals surface area contributed by atoms with E-state index < -0.39 is 0 Å². The first-order valence-corrected chi connectivity index (χ1v) is 5.91. The molecule has 1 aromatic carbocycles. The Labute approximate surface area is 103 Å². The summed E-state index contributed by atoms with van der Waals surface area (Å²) in [5, 5.41) is 8.41. The van der Waals surface area contributed by atoms with Gasteiger partial charge in [-0.05, 0) is 36.6 Å². The SMILES string of the molecule is Fc1ccc(-c2cc(C3CC3)nnc2Cl)cc1. The van der Waals surface area contributed by atoms with Crippen LogP contribution in [0.15, 0.2) is 30.3 Å². The summed E-state index contributed by atoms with van der Waals surface area (Å²) < 4.78 is 12.9. The lowest BCUT2D eigenvalue weighted by molar-refractivity contribution is 0.628. The molecular formula is C13H10ClFN2. The maximum absolute atomic E-state index is 12.9. The van der Waals surface area contributed by atoms with Crippen molar-refractivity contribution in [1.82, 2.24) is 10.2 Å². The van der Waals surface area contributed by atoms with Gasteiger partial charge in [-0.25, -0.2) is 4.39 Å². The normalized spacial score (nSPS) is 14.9. The van der Waals surface area contributed by atoms with Crippen LogP contribution in [0.5, 0.6) is 0 Å². The zero-order chi connectivity index (χ0) is 11.8. The monoisotopic (exact) mass is 248 g/mol. The molecule has 0 amide bonds. The fraction of sp³-hybridized carbons (Fsp3) is 0.231. The summed E-state index contributed by atoms with van der Waals surface area (Å²) in [6, 6.07) is 8.20. The van der Waals surface area contributed by atoms with E-state index in [4.69, 9.17) is 11.6 Å². The van der Waals surface area contributed by atoms with Gasteiger partial charge in [0.25, 0.3) is 0 Å². The topological polar surface area (TPSA) is 25.8 Å². The van der Waals surface area contributed by atoms with E-state index in [0.29, 0.717) is 11.1 Å². The third-order valence-electron chi connectivity index (χ3n) is 2.92. The van der Waals surface area contributed by atoms with Crippen LogP contribution in [0.4, 0.5) is 4.39 Å². The van der Waals surface area contributed by atoms with Crippen LogP contribution in [0, 0.1) is 5.82 Å². The highest BCUT2D eigenvalue weighted by Gasteiger charge is 2.26. The molecule has 1 aromatic heterocycles. The van der Waals surface area contributed by atoms with Gasteiger partial charge in [0.05, 0.1) is 5.69 Å². The largest absolute Gasteiger partial charge is 0.207 e. The molecule has 0 unspecified atom stereocenters. The summed E-state index contributed by atoms with van der Waals surface area (Å²) in [7, 11) is 0. The minimum Gasteiger partial charge on any atom is -0.207 e. The van der Waals surface area contributed by atoms with E-state index in [9.17, 15) is 4.39 Å². The van der Waals surface area contributed by atoms with Crippen molar-refractivity contribution >= 4 is 11.6 Å². The van der Waals surface area contributed by atoms with Crippen molar-refractivity contribution < 1.29 is 4.39 Å². The Morgan fingerprint density at radius 1 is 1.12 bits per heavy atom. The van der Waals surface area contributed by atoms with E-state index in [1.54, 1.807) is 12.1 Å². The molecule has 2 nitrogen and oxygen atoms in total. The average molecular weight is 249 g/mol. The third-order valence-corrected chi connectivity index (χ3v) is 3.20. The molecule has 0 spiro atoms. The van der Waals surface area contributed by atoms with Crippen LogP contribution in [0.2, 0.25) is 5.15 Å². The highest BCUT2D eigenvalue weighted by Crippen LogP contribution is 2.40. The van der Waals surface area contributed by atoms with Crippen molar-refractivity contribution in [3.05, 3.63) is 47.0 Å². The number of halogens is 2. The van der Waals surface area contributed by atoms with Crippen LogP contribution < -0.4 is 0 Å². The molecule has 0 atom stereocenters. The van der Waals surface area contributed by atoms with E-state index >= 15 is 0 Å². The van der Waals surface area contributed by atoms with Gasteiger partial charge < -0.3 is 0 Å². The second-order valence-corrected chi connectivity index (χ2v) is 4.61. The van der Waals surface area contributed by atoms with Crippen molar-refractivity contribution in [1.29, 1.82) is 0 Å². The molecule has 1 aliphatic rings. The molecule has 2 aromatic rings. The van der Waals surface area contributed by atoms with E-state index in [0.717, 1.165) is 16.8 Å². The maximum atomic E-state index is 12.9. The first-order chi connectivity index (χ1) is 8.24. The van der Waals surface area contributed by atoms with Crippen LogP contribution in [-0.2, 0) is 0 Å². The van der Waals surface area contributed by atoms with Crippen LogP contribution in [0.3, 0.4) is 0 Å². The number of hydrogen-bond donors (Lipinski definition) is 0. The molecule has 0 aliphatic heterocycles. The van der Waals surface area contributed by atoms with Crippen LogP contribution in [0.25, 0.3) is 11.1 Å². The van der Waals surface area contributed by atoms with Gasteiger partial charge >= 0.3 is 0 Å². The van der Waals surface area contributed by atoms with Gasteiger partial charge in [-0.1, -0.05) is 23.7 Å². The summed E-state index contributed by atoms with van der Waals surface area (Å²) in [5.74, 6) is 0.272. The smallest absolute Gasteiger partial charge is 0.159 e.